The number of halogens is 1. The number of nitriles is 1. The number of nitrogens with one attached hydrogen (secondary N) is 1. The molecule has 0 bridgehead atoms. The van der Waals surface area contributed by atoms with Gasteiger partial charge in [-0.1, -0.05) is 0 Å². The van der Waals surface area contributed by atoms with Crippen LogP contribution in [0.3, 0.4) is 0 Å². The maximum absolute atomic E-state index is 12.7. The molecule has 204 valence electrons. The molecule has 0 atom stereocenters. The maximum atomic E-state index is 12.7. The van der Waals surface area contributed by atoms with Gasteiger partial charge in [0.05, 0.1) is 38.8 Å². The van der Waals surface area contributed by atoms with E-state index in [0.29, 0.717) is 14.8 Å². The summed E-state index contributed by atoms with van der Waals surface area (Å²) in [7, 11) is 1.25. The number of carbonyl (C=O) groups is 2. The number of amides is 1. The molecule has 3 aromatic rings. The van der Waals surface area contributed by atoms with Crippen LogP contribution in [0, 0.1) is 35.1 Å². The molecule has 0 radical (unpaired) electrons. The van der Waals surface area contributed by atoms with Crippen LogP contribution in [0.25, 0.3) is 6.08 Å². The molecule has 3 rings (SSSR count). The number of carbonyl (C=O) groups excluding carboxylic acids is 2. The van der Waals surface area contributed by atoms with Crippen molar-refractivity contribution in [1.29, 1.82) is 5.26 Å². The average Bonchev–Trinajstić information content (AvgIpc) is 2.93. The summed E-state index contributed by atoms with van der Waals surface area (Å²) in [4.78, 5) is 45.3. The number of ether oxygens (including phenoxy) is 3. The van der Waals surface area contributed by atoms with E-state index in [2.05, 4.69) is 10.1 Å². The Bertz CT molecular complexity index is 1560. The molecule has 0 saturated carbocycles. The van der Waals surface area contributed by atoms with E-state index < -0.39 is 33.1 Å². The Morgan fingerprint density at radius 2 is 1.75 bits per heavy atom. The summed E-state index contributed by atoms with van der Waals surface area (Å²) < 4.78 is 16.5. The molecule has 14 heteroatoms. The van der Waals surface area contributed by atoms with Crippen LogP contribution in [0.4, 0.5) is 17.1 Å². The lowest BCUT2D eigenvalue weighted by molar-refractivity contribution is -0.394. The summed E-state index contributed by atoms with van der Waals surface area (Å²) in [6.45, 7) is 1.89. The van der Waals surface area contributed by atoms with Crippen molar-refractivity contribution in [2.45, 2.75) is 6.92 Å². The predicted octanol–water partition coefficient (Wildman–Crippen LogP) is 5.63. The Morgan fingerprint density at radius 1 is 1.05 bits per heavy atom. The fourth-order valence-corrected chi connectivity index (χ4v) is 4.05. The van der Waals surface area contributed by atoms with Crippen molar-refractivity contribution in [3.05, 3.63) is 95.1 Å². The highest BCUT2D eigenvalue weighted by atomic mass is 127. The van der Waals surface area contributed by atoms with E-state index in [0.717, 1.165) is 18.2 Å². The standard InChI is InChI=1S/C26H19IN4O9/c1-3-39-23-12-15(10-17(14-28)25(32)29-18-6-4-16(5-7-18)26(33)38-2)11-20(27)24(23)40-22-9-8-19(30(34)35)13-21(22)31(36)37/h4-13H,3H2,1-2H3,(H,29,32)/b17-10+. The lowest BCUT2D eigenvalue weighted by Crippen LogP contribution is -2.13. The van der Waals surface area contributed by atoms with Gasteiger partial charge in [0.15, 0.2) is 11.5 Å². The van der Waals surface area contributed by atoms with Crippen molar-refractivity contribution in [2.24, 2.45) is 0 Å². The van der Waals surface area contributed by atoms with E-state index in [4.69, 9.17) is 9.47 Å². The SMILES string of the molecule is CCOc1cc(/C=C(\C#N)C(=O)Nc2ccc(C(=O)OC)cc2)cc(I)c1Oc1ccc([N+](=O)[O-])cc1[N+](=O)[O-]. The Labute approximate surface area is 240 Å². The minimum absolute atomic E-state index is 0.102. The monoisotopic (exact) mass is 658 g/mol. The number of methoxy groups -OCH3 is 1. The van der Waals surface area contributed by atoms with E-state index in [1.807, 2.05) is 28.7 Å². The first kappa shape index (κ1) is 29.5. The Hall–Kier alpha value is -5.04. The smallest absolute Gasteiger partial charge is 0.337 e. The highest BCUT2D eigenvalue weighted by Crippen LogP contribution is 2.41. The number of nitrogens with zero attached hydrogens (tertiary/aromatic N) is 3. The Kier molecular flexibility index (Phi) is 9.71. The molecule has 0 fully saturated rings. The molecule has 0 aromatic heterocycles. The lowest BCUT2D eigenvalue weighted by Gasteiger charge is -2.14. The van der Waals surface area contributed by atoms with Crippen LogP contribution in [-0.2, 0) is 9.53 Å². The van der Waals surface area contributed by atoms with E-state index in [9.17, 15) is 35.1 Å². The summed E-state index contributed by atoms with van der Waals surface area (Å²) in [6, 6.07) is 13.8. The second-order valence-electron chi connectivity index (χ2n) is 7.72. The molecule has 0 unspecified atom stereocenters. The molecule has 1 amide bonds. The highest BCUT2D eigenvalue weighted by Gasteiger charge is 2.24. The third-order valence-corrected chi connectivity index (χ3v) is 5.93. The van der Waals surface area contributed by atoms with Gasteiger partial charge in [0, 0.05) is 11.8 Å². The highest BCUT2D eigenvalue weighted by molar-refractivity contribution is 14.1. The Morgan fingerprint density at radius 3 is 2.33 bits per heavy atom. The van der Waals surface area contributed by atoms with Crippen molar-refractivity contribution in [3.63, 3.8) is 0 Å². The molecule has 1 N–H and O–H groups in total. The number of hydrogen-bond donors (Lipinski definition) is 1. The fraction of sp³-hybridized carbons (Fsp3) is 0.115. The van der Waals surface area contributed by atoms with E-state index in [1.165, 1.54) is 43.5 Å². The summed E-state index contributed by atoms with van der Waals surface area (Å²) in [5.41, 5.74) is -0.297. The molecular formula is C26H19IN4O9. The van der Waals surface area contributed by atoms with Gasteiger partial charge in [0.25, 0.3) is 11.6 Å². The van der Waals surface area contributed by atoms with Gasteiger partial charge in [-0.3, -0.25) is 25.0 Å². The maximum Gasteiger partial charge on any atom is 0.337 e. The number of esters is 1. The van der Waals surface area contributed by atoms with Crippen LogP contribution in [0.2, 0.25) is 0 Å². The molecule has 0 spiro atoms. The van der Waals surface area contributed by atoms with Gasteiger partial charge < -0.3 is 19.5 Å². The summed E-state index contributed by atoms with van der Waals surface area (Å²) in [5.74, 6) is -1.23. The third-order valence-electron chi connectivity index (χ3n) is 5.13. The number of anilines is 1. The van der Waals surface area contributed by atoms with E-state index >= 15 is 0 Å². The molecule has 13 nitrogen and oxygen atoms in total. The summed E-state index contributed by atoms with van der Waals surface area (Å²) in [5, 5.41) is 34.7. The van der Waals surface area contributed by atoms with Gasteiger partial charge in [-0.15, -0.1) is 0 Å². The Balaban J connectivity index is 1.93. The summed E-state index contributed by atoms with van der Waals surface area (Å²) >= 11 is 1.90. The van der Waals surface area contributed by atoms with Crippen molar-refractivity contribution in [1.82, 2.24) is 0 Å². The molecule has 3 aromatic carbocycles. The van der Waals surface area contributed by atoms with Gasteiger partial charge in [0.2, 0.25) is 5.75 Å². The van der Waals surface area contributed by atoms with E-state index in [1.54, 1.807) is 13.0 Å². The van der Waals surface area contributed by atoms with Gasteiger partial charge in [0.1, 0.15) is 11.6 Å². The van der Waals surface area contributed by atoms with E-state index in [-0.39, 0.29) is 35.0 Å². The minimum atomic E-state index is -0.798. The summed E-state index contributed by atoms with van der Waals surface area (Å²) in [6.07, 6.45) is 1.32. The quantitative estimate of drug-likeness (QED) is 0.0715. The molecule has 40 heavy (non-hydrogen) atoms. The number of non-ortho nitro benzene ring substituents is 1. The van der Waals surface area contributed by atoms with Crippen molar-refractivity contribution in [2.75, 3.05) is 19.0 Å². The van der Waals surface area contributed by atoms with Gasteiger partial charge in [-0.25, -0.2) is 4.79 Å². The van der Waals surface area contributed by atoms with Crippen LogP contribution in [0.15, 0.2) is 60.2 Å². The molecule has 0 heterocycles. The zero-order valence-electron chi connectivity index (χ0n) is 20.9. The second kappa shape index (κ2) is 13.2. The zero-order valence-corrected chi connectivity index (χ0v) is 23.0. The van der Waals surface area contributed by atoms with Crippen LogP contribution in [0.5, 0.6) is 17.2 Å². The van der Waals surface area contributed by atoms with Gasteiger partial charge in [-0.2, -0.15) is 5.26 Å². The zero-order chi connectivity index (χ0) is 29.4. The molecule has 0 aliphatic heterocycles. The largest absolute Gasteiger partial charge is 0.490 e. The number of nitro groups is 2. The topological polar surface area (TPSA) is 184 Å². The molecular weight excluding hydrogens is 639 g/mol. The van der Waals surface area contributed by atoms with Crippen molar-refractivity contribution in [3.8, 4) is 23.3 Å². The first-order valence-electron chi connectivity index (χ1n) is 11.3. The number of rotatable bonds is 10. The molecule has 0 aliphatic rings. The van der Waals surface area contributed by atoms with Crippen molar-refractivity contribution >= 4 is 57.6 Å². The first-order valence-corrected chi connectivity index (χ1v) is 12.3. The third kappa shape index (κ3) is 7.08. The van der Waals surface area contributed by atoms with Gasteiger partial charge >= 0.3 is 11.7 Å². The lowest BCUT2D eigenvalue weighted by atomic mass is 10.1. The average molecular weight is 658 g/mol. The fourth-order valence-electron chi connectivity index (χ4n) is 3.31. The van der Waals surface area contributed by atoms with Crippen LogP contribution < -0.4 is 14.8 Å². The number of nitro benzene ring substituents is 2. The number of hydrogen-bond acceptors (Lipinski definition) is 10. The predicted molar refractivity (Wildman–Crippen MR) is 150 cm³/mol. The van der Waals surface area contributed by atoms with Crippen LogP contribution in [-0.4, -0.2) is 35.4 Å². The van der Waals surface area contributed by atoms with Crippen molar-refractivity contribution < 1.29 is 33.6 Å². The molecule has 0 saturated heterocycles. The second-order valence-corrected chi connectivity index (χ2v) is 8.89. The molecule has 0 aliphatic carbocycles. The first-order chi connectivity index (χ1) is 19.1. The normalized spacial score (nSPS) is 10.7. The van der Waals surface area contributed by atoms with Gasteiger partial charge in [-0.05, 0) is 83.6 Å². The number of benzene rings is 3. The minimum Gasteiger partial charge on any atom is -0.490 e. The van der Waals surface area contributed by atoms with Crippen LogP contribution in [0.1, 0.15) is 22.8 Å². The van der Waals surface area contributed by atoms with Crippen LogP contribution >= 0.6 is 22.6 Å².